The maximum atomic E-state index is 11.2. The summed E-state index contributed by atoms with van der Waals surface area (Å²) in [5.74, 6) is 4.02. The molecular formula is C103H105N25O13. The van der Waals surface area contributed by atoms with Crippen LogP contribution in [0.25, 0.3) is 105 Å². The Bertz CT molecular complexity index is 7600. The molecule has 17 aromatic rings. The lowest BCUT2D eigenvalue weighted by Gasteiger charge is -2.27. The Labute approximate surface area is 806 Å². The Kier molecular flexibility index (Phi) is 27.7. The molecule has 0 aliphatic carbocycles. The van der Waals surface area contributed by atoms with E-state index >= 15 is 0 Å². The van der Waals surface area contributed by atoms with Gasteiger partial charge in [-0.3, -0.25) is 24.0 Å². The second kappa shape index (κ2) is 41.3. The van der Waals surface area contributed by atoms with Crippen molar-refractivity contribution in [2.45, 2.75) is 124 Å². The number of anilines is 5. The molecule has 10 unspecified atom stereocenters. The Morgan fingerprint density at radius 1 is 0.319 bits per heavy atom. The van der Waals surface area contributed by atoms with Gasteiger partial charge in [-0.2, -0.15) is 48.1 Å². The van der Waals surface area contributed by atoms with Crippen LogP contribution in [0.4, 0.5) is 29.1 Å². The number of piperidine rings is 5. The van der Waals surface area contributed by atoms with Crippen LogP contribution in [0.3, 0.4) is 0 Å². The van der Waals surface area contributed by atoms with E-state index in [0.717, 1.165) is 161 Å². The van der Waals surface area contributed by atoms with E-state index in [2.05, 4.69) is 94.4 Å². The second-order valence-electron chi connectivity index (χ2n) is 35.5. The summed E-state index contributed by atoms with van der Waals surface area (Å²) in [4.78, 5) is 80.0. The van der Waals surface area contributed by atoms with Crippen molar-refractivity contribution in [1.29, 1.82) is 0 Å². The zero-order valence-electron chi connectivity index (χ0n) is 77.3. The minimum atomic E-state index is -0.817. The Morgan fingerprint density at radius 2 is 0.645 bits per heavy atom. The van der Waals surface area contributed by atoms with Crippen molar-refractivity contribution in [2.24, 2.45) is 0 Å². The molecule has 10 aromatic heterocycles. The monoisotopic (exact) mass is 1900 g/mol. The average molecular weight is 1900 g/mol. The first-order valence-corrected chi connectivity index (χ1v) is 46.3. The van der Waals surface area contributed by atoms with Crippen LogP contribution in [0.5, 0.6) is 17.2 Å². The predicted octanol–water partition coefficient (Wildman–Crippen LogP) is 11.8. The van der Waals surface area contributed by atoms with Crippen molar-refractivity contribution in [2.75, 3.05) is 82.7 Å². The molecule has 5 aliphatic rings. The molecule has 0 spiro atoms. The van der Waals surface area contributed by atoms with Gasteiger partial charge in [0.2, 0.25) is 0 Å². The fraction of sp³-hybridized carbons (Fsp3) is 0.272. The summed E-state index contributed by atoms with van der Waals surface area (Å²) in [6.45, 7) is 2.79. The van der Waals surface area contributed by atoms with Crippen LogP contribution in [0.1, 0.15) is 128 Å². The van der Waals surface area contributed by atoms with Crippen LogP contribution < -0.4 is 69.5 Å². The minimum Gasteiger partial charge on any atom is -0.497 e. The molecule has 38 nitrogen and oxygen atoms in total. The molecule has 7 aromatic carbocycles. The maximum absolute atomic E-state index is 11.2. The first-order chi connectivity index (χ1) is 68.3. The smallest absolute Gasteiger partial charge is 0.320 e. The summed E-state index contributed by atoms with van der Waals surface area (Å²) < 4.78 is 24.2. The second-order valence-corrected chi connectivity index (χ2v) is 35.5. The highest BCUT2D eigenvalue weighted by Crippen LogP contribution is 2.41. The largest absolute Gasteiger partial charge is 0.497 e. The molecular weight excluding hydrogens is 1800 g/mol. The summed E-state index contributed by atoms with van der Waals surface area (Å²) >= 11 is 0. The molecule has 38 heteroatoms. The predicted molar refractivity (Wildman–Crippen MR) is 534 cm³/mol. The standard InChI is InChI=1S/C23H23N5O3.C22H21N5O2.C20H19N5O2.2C19H21N5O3/c1-31-20-7-3-5-14-15(4-2-6-16(14)20)17-12-26-28-21(24)10-19(27-22(17)28)13-8-9-18(23(29)30)25-11-13;23-20-10-19(16-7-8-18(22(28)29)24-11-16)26-21-17(12-25-27(20)21)15-6-5-13-3-1-2-4-14(13)9-15;1-2-12-4-3-5-13(8-12)15-11-23-25-18(21)9-17(24-19(15)25)14-6-7-16(20(26)27)22-10-14;1-27-13-5-2-11(3-6-13)14-10-22-24-17(20)8-16(23-18(14)24)12-4-7-15(19(25)26)21-9-12;1-27-13-4-2-3-11(7-13)14-10-22-24-17(20)8-16(23-18(14)24)12-5-6-15(19(25)26)21-9-12/h2-7,10,12-13,18,25H,8-9,11,24H2,1H3,(H,29,30);1-6,9-10,12,16,18,24H,7-8,11,23H2,(H,28,29);1,3-5,8-9,11,14,16,22H,6-7,10,21H2,(H,26,27);2-3,5-6,8,10,12,15,21H,4,7,9,20H2,1H3,(H,25,26);2-4,7-8,10,12,15,21H,5-6,9,20H2,1H3,(H,25,26). The minimum absolute atomic E-state index is 0.0956. The zero-order chi connectivity index (χ0) is 98.4. The van der Waals surface area contributed by atoms with Gasteiger partial charge in [-0.25, -0.2) is 24.9 Å². The van der Waals surface area contributed by atoms with Gasteiger partial charge in [0.05, 0.1) is 80.8 Å². The highest BCUT2D eigenvalue weighted by Gasteiger charge is 2.35. The lowest BCUT2D eigenvalue weighted by Crippen LogP contribution is -2.43. The number of fused-ring (bicyclic) bond motifs is 7. The van der Waals surface area contributed by atoms with Gasteiger partial charge in [-0.15, -0.1) is 6.42 Å². The number of nitrogens with one attached hydrogen (secondary N) is 5. The molecule has 141 heavy (non-hydrogen) atoms. The molecule has 0 amide bonds. The lowest BCUT2D eigenvalue weighted by atomic mass is 9.92. The number of nitrogen functional groups attached to an aromatic ring is 5. The van der Waals surface area contributed by atoms with Crippen LogP contribution in [0.15, 0.2) is 213 Å². The Morgan fingerprint density at radius 3 is 1.01 bits per heavy atom. The zero-order valence-corrected chi connectivity index (χ0v) is 77.3. The number of terminal acetylenes is 1. The van der Waals surface area contributed by atoms with E-state index in [4.69, 9.17) is 89.5 Å². The molecule has 5 saturated heterocycles. The molecule has 0 bridgehead atoms. The van der Waals surface area contributed by atoms with Gasteiger partial charge >= 0.3 is 29.8 Å². The number of carbonyl (C=O) groups is 5. The first-order valence-electron chi connectivity index (χ1n) is 46.3. The number of nitrogens with zero attached hydrogens (tertiary/aromatic N) is 15. The third kappa shape index (κ3) is 20.1. The maximum Gasteiger partial charge on any atom is 0.320 e. The number of carboxylic acids is 5. The number of rotatable bonds is 18. The van der Waals surface area contributed by atoms with E-state index in [1.165, 1.54) is 5.39 Å². The summed E-state index contributed by atoms with van der Waals surface area (Å²) in [5.41, 5.74) is 49.0. The van der Waals surface area contributed by atoms with Crippen molar-refractivity contribution in [3.63, 3.8) is 0 Å². The summed E-state index contributed by atoms with van der Waals surface area (Å²) in [7, 11) is 4.93. The Balaban J connectivity index is 0.000000117. The number of aliphatic carboxylic acids is 5. The molecule has 0 saturated carbocycles. The summed E-state index contributed by atoms with van der Waals surface area (Å²) in [6.07, 6.45) is 20.9. The SMILES string of the molecule is C#Cc1cccc(-c2cnn3c(N)cc(C4CCC(C(=O)O)NC4)nc23)c1.COc1ccc(-c2cnn3c(N)cc(C4CCC(C(=O)O)NC4)nc23)cc1.COc1cccc(-c2cnn3c(N)cc(C4CCC(C(=O)O)NC4)nc23)c1.COc1cccc2c(-c3cnn4c(N)cc(C5CCC(C(=O)O)NC5)nc34)cccc12.Nc1cc(C2CCC(C(=O)O)NC2)nc2c(-c3ccc4ccccc4c3)cnn12. The first kappa shape index (κ1) is 94.6. The van der Waals surface area contributed by atoms with Gasteiger partial charge in [-0.1, -0.05) is 109 Å². The van der Waals surface area contributed by atoms with Crippen molar-refractivity contribution >= 4 is 109 Å². The third-order valence-electron chi connectivity index (χ3n) is 26.8. The number of methoxy groups -OCH3 is 3. The normalized spacial score (nSPS) is 19.6. The molecule has 5 fully saturated rings. The van der Waals surface area contributed by atoms with E-state index in [-0.39, 0.29) is 29.6 Å². The molecule has 20 N–H and O–H groups in total. The third-order valence-corrected chi connectivity index (χ3v) is 26.8. The van der Waals surface area contributed by atoms with Gasteiger partial charge in [-0.05, 0) is 157 Å². The van der Waals surface area contributed by atoms with Crippen LogP contribution in [0.2, 0.25) is 0 Å². The quantitative estimate of drug-likeness (QED) is 0.0355. The summed E-state index contributed by atoms with van der Waals surface area (Å²) in [5, 5.41) is 87.6. The number of hydrogen-bond donors (Lipinski definition) is 15. The molecule has 0 radical (unpaired) electrons. The van der Waals surface area contributed by atoms with Gasteiger partial charge in [0, 0.05) is 131 Å². The number of benzene rings is 7. The Hall–Kier alpha value is -16.7. The topological polar surface area (TPSA) is 555 Å². The summed E-state index contributed by atoms with van der Waals surface area (Å²) in [6, 6.07) is 56.3. The molecule has 10 atom stereocenters. The van der Waals surface area contributed by atoms with Crippen molar-refractivity contribution < 1.29 is 63.7 Å². The molecule has 15 heterocycles. The number of hydrogen-bond acceptors (Lipinski definition) is 28. The highest BCUT2D eigenvalue weighted by molar-refractivity contribution is 6.02. The fourth-order valence-corrected chi connectivity index (χ4v) is 19.1. The fourth-order valence-electron chi connectivity index (χ4n) is 19.1. The molecule has 720 valence electrons. The lowest BCUT2D eigenvalue weighted by molar-refractivity contribution is -0.141. The number of carboxylic acid groups (broad SMARTS) is 5. The van der Waals surface area contributed by atoms with Crippen LogP contribution >= 0.6 is 0 Å². The van der Waals surface area contributed by atoms with Gasteiger partial charge in [0.1, 0.15) is 76.5 Å². The van der Waals surface area contributed by atoms with Gasteiger partial charge in [0.25, 0.3) is 0 Å². The van der Waals surface area contributed by atoms with Gasteiger partial charge in [0.15, 0.2) is 28.2 Å². The number of aromatic nitrogens is 15. The van der Waals surface area contributed by atoms with E-state index in [1.807, 2.05) is 146 Å². The van der Waals surface area contributed by atoms with E-state index in [1.54, 1.807) is 74.9 Å². The van der Waals surface area contributed by atoms with Crippen molar-refractivity contribution in [3.8, 4) is 85.2 Å². The van der Waals surface area contributed by atoms with E-state index in [9.17, 15) is 34.2 Å². The van der Waals surface area contributed by atoms with Crippen LogP contribution in [0, 0.1) is 12.3 Å². The van der Waals surface area contributed by atoms with Gasteiger partial charge < -0.3 is 95.0 Å². The van der Waals surface area contributed by atoms with E-state index in [0.29, 0.717) is 117 Å². The van der Waals surface area contributed by atoms with Crippen LogP contribution in [-0.4, -0.2) is 213 Å². The van der Waals surface area contributed by atoms with Crippen molar-refractivity contribution in [3.05, 3.63) is 247 Å². The molecule has 22 rings (SSSR count). The van der Waals surface area contributed by atoms with Crippen LogP contribution in [-0.2, 0) is 24.0 Å². The average Bonchev–Trinajstić information content (AvgIpc) is 1.68. The van der Waals surface area contributed by atoms with E-state index < -0.39 is 60.1 Å². The number of nitrogens with two attached hydrogens (primary N) is 5. The van der Waals surface area contributed by atoms with Crippen molar-refractivity contribution in [1.82, 2.24) is 99.6 Å². The number of ether oxygens (including phenoxy) is 3. The highest BCUT2D eigenvalue weighted by atomic mass is 16.5. The molecule has 5 aliphatic heterocycles.